The molecule has 4 atom stereocenters. The molecule has 44 heavy (non-hydrogen) atoms. The Kier molecular flexibility index (Phi) is 6.91. The Morgan fingerprint density at radius 2 is 1.73 bits per heavy atom. The zero-order valence-corrected chi connectivity index (χ0v) is 26.3. The van der Waals surface area contributed by atoms with E-state index < -0.39 is 45.9 Å². The number of sulfonamides is 1. The number of nitrogens with two attached hydrogens (primary N) is 1. The number of hydrogen-bond acceptors (Lipinski definition) is 6. The van der Waals surface area contributed by atoms with Gasteiger partial charge in [-0.25, -0.2) is 13.2 Å². The molecular formula is C32H43N5O6S+2. The number of aliphatic hydroxyl groups excluding tert-OH is 1. The molecule has 0 aromatic heterocycles. The van der Waals surface area contributed by atoms with Gasteiger partial charge in [-0.05, 0) is 42.1 Å². The van der Waals surface area contributed by atoms with E-state index in [1.807, 2.05) is 25.1 Å². The molecule has 4 N–H and O–H groups in total. The largest absolute Gasteiger partial charge is 0.477 e. The van der Waals surface area contributed by atoms with Gasteiger partial charge in [-0.1, -0.05) is 25.1 Å². The van der Waals surface area contributed by atoms with Gasteiger partial charge in [0.25, 0.3) is 10.0 Å². The summed E-state index contributed by atoms with van der Waals surface area (Å²) < 4.78 is 31.6. The number of nitrogens with zero attached hydrogens (tertiary/aromatic N) is 4. The van der Waals surface area contributed by atoms with Crippen molar-refractivity contribution in [2.24, 2.45) is 17.6 Å². The zero-order valence-electron chi connectivity index (χ0n) is 25.5. The number of β-lactam (4-membered cyclic amide) rings is 1. The number of piperazine rings is 3. The first kappa shape index (κ1) is 29.7. The lowest BCUT2D eigenvalue weighted by atomic mass is 9.78. The molecule has 2 bridgehead atoms. The number of fused-ring (bicyclic) bond motifs is 4. The molecule has 1 amide bonds. The van der Waals surface area contributed by atoms with Gasteiger partial charge in [0.05, 0.1) is 48.3 Å². The summed E-state index contributed by atoms with van der Waals surface area (Å²) in [5, 5.41) is 21.9. The number of rotatable bonds is 10. The van der Waals surface area contributed by atoms with E-state index in [9.17, 15) is 28.2 Å². The lowest BCUT2D eigenvalue weighted by Gasteiger charge is -2.55. The number of amides is 1. The van der Waals surface area contributed by atoms with Gasteiger partial charge in [-0.3, -0.25) is 9.10 Å². The second-order valence-electron chi connectivity index (χ2n) is 13.7. The van der Waals surface area contributed by atoms with Crippen molar-refractivity contribution in [1.82, 2.24) is 4.90 Å². The first-order valence-corrected chi connectivity index (χ1v) is 17.3. The number of aliphatic carboxylic acids is 1. The van der Waals surface area contributed by atoms with Crippen LogP contribution >= 0.6 is 0 Å². The lowest BCUT2D eigenvalue weighted by molar-refractivity contribution is -1.08. The van der Waals surface area contributed by atoms with Gasteiger partial charge in [-0.2, -0.15) is 0 Å². The Bertz CT molecular complexity index is 1680. The highest BCUT2D eigenvalue weighted by Crippen LogP contribution is 2.50. The van der Waals surface area contributed by atoms with E-state index in [2.05, 4.69) is 0 Å². The highest BCUT2D eigenvalue weighted by Gasteiger charge is 2.60. The fraction of sp³-hybridized carbons (Fsp3) is 0.562. The van der Waals surface area contributed by atoms with Gasteiger partial charge in [0.1, 0.15) is 45.0 Å². The van der Waals surface area contributed by atoms with Crippen molar-refractivity contribution in [3.8, 4) is 0 Å². The average Bonchev–Trinajstić information content (AvgIpc) is 3.38. The average molecular weight is 626 g/mol. The second kappa shape index (κ2) is 10.2. The van der Waals surface area contributed by atoms with Crippen LogP contribution in [0.3, 0.4) is 0 Å². The van der Waals surface area contributed by atoms with Crippen LogP contribution in [-0.4, -0.2) is 122 Å². The SMILES string of the molecule is C[C@@H](O)[C@H]1C(=O)N2C(C(=O)O)=C(CN3c4cccc5c(CC[N+]67CC[N+](CCCN)(CC6)CC7)ccc(c45)S3(=O)=O)[C@H](C)[C@H]12. The van der Waals surface area contributed by atoms with Crippen LogP contribution < -0.4 is 10.0 Å². The smallest absolute Gasteiger partial charge is 0.352 e. The third-order valence-corrected chi connectivity index (χ3v) is 13.4. The molecule has 0 aliphatic carbocycles. The monoisotopic (exact) mass is 625 g/mol. The van der Waals surface area contributed by atoms with Crippen molar-refractivity contribution in [3.63, 3.8) is 0 Å². The normalized spacial score (nSPS) is 32.4. The van der Waals surface area contributed by atoms with Gasteiger partial charge < -0.3 is 29.8 Å². The molecule has 2 aromatic rings. The number of hydrogen-bond donors (Lipinski definition) is 3. The molecule has 6 aliphatic rings. The highest BCUT2D eigenvalue weighted by molar-refractivity contribution is 7.93. The predicted octanol–water partition coefficient (Wildman–Crippen LogP) is 1.10. The summed E-state index contributed by atoms with van der Waals surface area (Å²) in [5.74, 6) is -2.82. The van der Waals surface area contributed by atoms with Crippen molar-refractivity contribution >= 4 is 38.4 Å². The molecule has 0 unspecified atom stereocenters. The topological polar surface area (TPSA) is 141 Å². The van der Waals surface area contributed by atoms with E-state index in [1.165, 1.54) is 66.4 Å². The Hall–Kier alpha value is -3.03. The van der Waals surface area contributed by atoms with Crippen molar-refractivity contribution in [1.29, 1.82) is 0 Å². The van der Waals surface area contributed by atoms with Crippen LogP contribution in [0.2, 0.25) is 0 Å². The number of aliphatic hydroxyl groups is 1. The molecule has 4 saturated heterocycles. The molecule has 236 valence electrons. The molecular weight excluding hydrogens is 582 g/mol. The van der Waals surface area contributed by atoms with Crippen LogP contribution in [0.1, 0.15) is 25.8 Å². The first-order valence-electron chi connectivity index (χ1n) is 15.9. The third kappa shape index (κ3) is 4.18. The summed E-state index contributed by atoms with van der Waals surface area (Å²) in [5.41, 5.74) is 7.70. The Morgan fingerprint density at radius 3 is 2.34 bits per heavy atom. The standard InChI is InChI=1S/C32H42N5O6S/c1-20-24(30(32(40)41)35-29(20)27(21(2)38)31(35)39)19-34-25-6-3-5-23-22(7-8-26(28(23)25)44(34,42)43)9-12-37-16-13-36(14-17-37,15-18-37)11-4-10-33/h3,5-8,20-21,27,29,38H,4,9-19,33H2,1-2H3/q+1/p+1/t20-,21+,27+,29+,36?,37?/m0/s1. The second-order valence-corrected chi connectivity index (χ2v) is 15.6. The molecule has 0 radical (unpaired) electrons. The fourth-order valence-electron chi connectivity index (χ4n) is 8.88. The maximum atomic E-state index is 14.0. The number of carbonyl (C=O) groups is 2. The molecule has 6 aliphatic heterocycles. The Labute approximate surface area is 258 Å². The van der Waals surface area contributed by atoms with E-state index in [1.54, 1.807) is 12.1 Å². The summed E-state index contributed by atoms with van der Waals surface area (Å²) in [6, 6.07) is 8.82. The zero-order chi connectivity index (χ0) is 31.2. The van der Waals surface area contributed by atoms with E-state index >= 15 is 0 Å². The summed E-state index contributed by atoms with van der Waals surface area (Å²) in [7, 11) is -3.96. The minimum Gasteiger partial charge on any atom is -0.477 e. The van der Waals surface area contributed by atoms with Gasteiger partial charge in [0.15, 0.2) is 0 Å². The summed E-state index contributed by atoms with van der Waals surface area (Å²) >= 11 is 0. The molecule has 4 fully saturated rings. The number of carboxylic acid groups (broad SMARTS) is 1. The Balaban J connectivity index is 1.17. The number of benzene rings is 2. The number of quaternary nitrogens is 2. The third-order valence-electron chi connectivity index (χ3n) is 11.6. The molecule has 0 spiro atoms. The van der Waals surface area contributed by atoms with Crippen molar-refractivity contribution in [2.75, 3.05) is 69.8 Å². The molecule has 6 heterocycles. The van der Waals surface area contributed by atoms with Crippen LogP contribution in [-0.2, 0) is 26.0 Å². The van der Waals surface area contributed by atoms with Crippen LogP contribution in [0.15, 0.2) is 46.5 Å². The summed E-state index contributed by atoms with van der Waals surface area (Å²) in [6.45, 7) is 13.2. The van der Waals surface area contributed by atoms with Gasteiger partial charge in [-0.15, -0.1) is 0 Å². The fourth-order valence-corrected chi connectivity index (χ4v) is 10.6. The molecule has 11 nitrogen and oxygen atoms in total. The van der Waals surface area contributed by atoms with Crippen molar-refractivity contribution in [2.45, 2.75) is 43.7 Å². The van der Waals surface area contributed by atoms with Crippen molar-refractivity contribution in [3.05, 3.63) is 47.2 Å². The van der Waals surface area contributed by atoms with Crippen LogP contribution in [0, 0.1) is 11.8 Å². The molecule has 0 saturated carbocycles. The van der Waals surface area contributed by atoms with Gasteiger partial charge in [0.2, 0.25) is 5.91 Å². The summed E-state index contributed by atoms with van der Waals surface area (Å²) in [6.07, 6.45) is 1.01. The number of carboxylic acids is 1. The van der Waals surface area contributed by atoms with E-state index in [0.717, 1.165) is 41.4 Å². The minimum atomic E-state index is -3.96. The van der Waals surface area contributed by atoms with Crippen LogP contribution in [0.4, 0.5) is 5.69 Å². The van der Waals surface area contributed by atoms with Gasteiger partial charge >= 0.3 is 5.97 Å². The van der Waals surface area contributed by atoms with E-state index in [0.29, 0.717) is 16.6 Å². The maximum absolute atomic E-state index is 14.0. The number of anilines is 1. The highest BCUT2D eigenvalue weighted by atomic mass is 32.2. The van der Waals surface area contributed by atoms with Crippen molar-refractivity contribution < 1.29 is 37.2 Å². The quantitative estimate of drug-likeness (QED) is 0.265. The van der Waals surface area contributed by atoms with Gasteiger partial charge in [0, 0.05) is 24.1 Å². The molecule has 2 aromatic carbocycles. The Morgan fingerprint density at radius 1 is 1.07 bits per heavy atom. The predicted molar refractivity (Wildman–Crippen MR) is 165 cm³/mol. The van der Waals surface area contributed by atoms with Crippen LogP contribution in [0.5, 0.6) is 0 Å². The maximum Gasteiger partial charge on any atom is 0.352 e. The molecule has 12 heteroatoms. The lowest BCUT2D eigenvalue weighted by Crippen LogP contribution is -2.75. The summed E-state index contributed by atoms with van der Waals surface area (Å²) in [4.78, 5) is 26.7. The minimum absolute atomic E-state index is 0.161. The number of carbonyl (C=O) groups excluding carboxylic acids is 1. The van der Waals surface area contributed by atoms with E-state index in [-0.39, 0.29) is 17.1 Å². The van der Waals surface area contributed by atoms with E-state index in [4.69, 9.17) is 5.73 Å². The van der Waals surface area contributed by atoms with Crippen LogP contribution in [0.25, 0.3) is 10.8 Å². The molecule has 8 rings (SSSR count). The first-order chi connectivity index (χ1) is 20.9.